The minimum Gasteiger partial charge on any atom is -0.504 e. The van der Waals surface area contributed by atoms with Gasteiger partial charge in [-0.15, -0.1) is 0 Å². The average molecular weight is 392 g/mol. The Hall–Kier alpha value is -4.27. The molecule has 0 radical (unpaired) electrons. The molecule has 12 nitrogen and oxygen atoms in total. The zero-order chi connectivity index (χ0) is 20.7. The molecule has 0 fully saturated rings. The molecule has 29 heavy (non-hydrogen) atoms. The van der Waals surface area contributed by atoms with Gasteiger partial charge in [0, 0.05) is 12.4 Å². The van der Waals surface area contributed by atoms with Crippen LogP contribution in [-0.2, 0) is 13.6 Å². The van der Waals surface area contributed by atoms with Crippen molar-refractivity contribution in [2.24, 2.45) is 12.8 Å². The van der Waals surface area contributed by atoms with E-state index in [0.717, 1.165) is 0 Å². The quantitative estimate of drug-likeness (QED) is 0.443. The highest BCUT2D eigenvalue weighted by Gasteiger charge is 2.22. The Kier molecular flexibility index (Phi) is 4.19. The second-order valence-electron chi connectivity index (χ2n) is 6.34. The monoisotopic (exact) mass is 392 g/mol. The van der Waals surface area contributed by atoms with Gasteiger partial charge in [0.2, 0.25) is 5.82 Å². The van der Waals surface area contributed by atoms with Gasteiger partial charge >= 0.3 is 0 Å². The molecule has 0 bridgehead atoms. The first-order chi connectivity index (χ1) is 13.9. The molecule has 4 N–H and O–H groups in total. The van der Waals surface area contributed by atoms with Crippen LogP contribution in [0.3, 0.4) is 0 Å². The van der Waals surface area contributed by atoms with E-state index in [4.69, 9.17) is 11.0 Å². The first kappa shape index (κ1) is 18.1. The lowest BCUT2D eigenvalue weighted by atomic mass is 10.2. The van der Waals surface area contributed by atoms with Crippen LogP contribution in [0.2, 0.25) is 0 Å². The number of aryl methyl sites for hydroxylation is 3. The number of aromatic nitrogens is 8. The number of rotatable bonds is 5. The molecule has 1 amide bonds. The summed E-state index contributed by atoms with van der Waals surface area (Å²) in [6, 6.07) is 3.59. The lowest BCUT2D eigenvalue weighted by molar-refractivity contribution is 0.0996. The van der Waals surface area contributed by atoms with Crippen LogP contribution in [0, 0.1) is 18.3 Å². The first-order valence-electron chi connectivity index (χ1n) is 8.59. The van der Waals surface area contributed by atoms with Crippen molar-refractivity contribution in [3.05, 3.63) is 23.7 Å². The Balaban J connectivity index is 1.86. The van der Waals surface area contributed by atoms with E-state index in [9.17, 15) is 9.90 Å². The number of primary amides is 1. The second-order valence-corrected chi connectivity index (χ2v) is 6.34. The zero-order valence-corrected chi connectivity index (χ0v) is 15.6. The van der Waals surface area contributed by atoms with Crippen molar-refractivity contribution in [1.29, 1.82) is 5.26 Å². The van der Waals surface area contributed by atoms with E-state index in [1.807, 2.05) is 6.07 Å². The van der Waals surface area contributed by atoms with Crippen molar-refractivity contribution in [3.8, 4) is 34.9 Å². The fourth-order valence-electron chi connectivity index (χ4n) is 3.03. The third-order valence-corrected chi connectivity index (χ3v) is 4.45. The maximum absolute atomic E-state index is 11.7. The molecule has 4 aromatic heterocycles. The van der Waals surface area contributed by atoms with Crippen LogP contribution in [0.4, 0.5) is 0 Å². The third kappa shape index (κ3) is 2.94. The van der Waals surface area contributed by atoms with Gasteiger partial charge in [0.25, 0.3) is 5.91 Å². The minimum absolute atomic E-state index is 0.0619. The average Bonchev–Trinajstić information content (AvgIpc) is 3.38. The largest absolute Gasteiger partial charge is 0.504 e. The van der Waals surface area contributed by atoms with Gasteiger partial charge in [-0.2, -0.15) is 20.6 Å². The standard InChI is InChI=1S/C17H16N10O2/c1-8-14(28)13(27(25-8)5-3-4-18)17-22-16(23-24-17)12-9-7-20-26(2)11(9)6-10(21-12)15(19)29/h6-7,28H,3,5H2,1-2H3,(H2,19,29)(H,22,23,24). The van der Waals surface area contributed by atoms with Crippen LogP contribution >= 0.6 is 0 Å². The van der Waals surface area contributed by atoms with Crippen LogP contribution < -0.4 is 5.73 Å². The molecule has 12 heteroatoms. The molecule has 146 valence electrons. The maximum atomic E-state index is 11.7. The number of nitrogens with one attached hydrogen (secondary N) is 1. The smallest absolute Gasteiger partial charge is 0.267 e. The van der Waals surface area contributed by atoms with Gasteiger partial charge in [-0.05, 0) is 13.0 Å². The van der Waals surface area contributed by atoms with Crippen molar-refractivity contribution in [2.45, 2.75) is 19.9 Å². The van der Waals surface area contributed by atoms with Crippen LogP contribution in [0.25, 0.3) is 33.9 Å². The molecule has 0 saturated heterocycles. The Morgan fingerprint density at radius 1 is 1.41 bits per heavy atom. The summed E-state index contributed by atoms with van der Waals surface area (Å²) in [5.74, 6) is -0.304. The number of aromatic hydroxyl groups is 1. The number of nitrogens with two attached hydrogens (primary N) is 1. The fourth-order valence-corrected chi connectivity index (χ4v) is 3.03. The third-order valence-electron chi connectivity index (χ3n) is 4.45. The summed E-state index contributed by atoms with van der Waals surface area (Å²) in [4.78, 5) is 20.4. The van der Waals surface area contributed by atoms with E-state index in [0.29, 0.717) is 22.3 Å². The second kappa shape index (κ2) is 6.71. The summed E-state index contributed by atoms with van der Waals surface area (Å²) in [7, 11) is 1.73. The summed E-state index contributed by atoms with van der Waals surface area (Å²) in [5.41, 5.74) is 7.15. The van der Waals surface area contributed by atoms with Crippen molar-refractivity contribution in [1.82, 2.24) is 39.7 Å². The van der Waals surface area contributed by atoms with Gasteiger partial charge in [-0.3, -0.25) is 19.3 Å². The molecule has 0 aliphatic carbocycles. The number of nitrogens with zero attached hydrogens (tertiary/aromatic N) is 8. The van der Waals surface area contributed by atoms with Gasteiger partial charge < -0.3 is 10.8 Å². The summed E-state index contributed by atoms with van der Waals surface area (Å²) in [6.45, 7) is 1.92. The molecule has 0 saturated carbocycles. The Labute approximate surface area is 163 Å². The van der Waals surface area contributed by atoms with E-state index in [1.54, 1.807) is 30.9 Å². The number of carbonyl (C=O) groups excluding carboxylic acids is 1. The molecule has 0 aliphatic rings. The number of pyridine rings is 1. The van der Waals surface area contributed by atoms with Gasteiger partial charge in [-0.1, -0.05) is 0 Å². The lowest BCUT2D eigenvalue weighted by Crippen LogP contribution is -2.13. The Bertz CT molecular complexity index is 1290. The summed E-state index contributed by atoms with van der Waals surface area (Å²) < 4.78 is 3.07. The van der Waals surface area contributed by atoms with Gasteiger partial charge in [0.15, 0.2) is 11.6 Å². The normalized spacial score (nSPS) is 11.1. The van der Waals surface area contributed by atoms with Crippen molar-refractivity contribution < 1.29 is 9.90 Å². The molecule has 4 heterocycles. The lowest BCUT2D eigenvalue weighted by Gasteiger charge is -2.03. The molecular formula is C17H16N10O2. The molecule has 0 unspecified atom stereocenters. The van der Waals surface area contributed by atoms with Crippen LogP contribution in [0.5, 0.6) is 5.75 Å². The molecule has 0 atom stereocenters. The van der Waals surface area contributed by atoms with Gasteiger partial charge in [-0.25, -0.2) is 9.97 Å². The molecule has 4 aromatic rings. The number of fused-ring (bicyclic) bond motifs is 1. The highest BCUT2D eigenvalue weighted by Crippen LogP contribution is 2.32. The number of hydrogen-bond donors (Lipinski definition) is 3. The highest BCUT2D eigenvalue weighted by atomic mass is 16.3. The van der Waals surface area contributed by atoms with E-state index >= 15 is 0 Å². The predicted molar refractivity (Wildman–Crippen MR) is 100 cm³/mol. The summed E-state index contributed by atoms with van der Waals surface area (Å²) in [5, 5.41) is 35.3. The van der Waals surface area contributed by atoms with Crippen LogP contribution in [0.1, 0.15) is 22.6 Å². The highest BCUT2D eigenvalue weighted by molar-refractivity contribution is 5.98. The first-order valence-corrected chi connectivity index (χ1v) is 8.59. The summed E-state index contributed by atoms with van der Waals surface area (Å²) >= 11 is 0. The molecule has 0 aromatic carbocycles. The van der Waals surface area contributed by atoms with E-state index in [1.165, 1.54) is 4.68 Å². The maximum Gasteiger partial charge on any atom is 0.267 e. The van der Waals surface area contributed by atoms with Crippen LogP contribution in [-0.4, -0.2) is 50.7 Å². The van der Waals surface area contributed by atoms with Crippen molar-refractivity contribution >= 4 is 16.8 Å². The fraction of sp³-hybridized carbons (Fsp3) is 0.235. The summed E-state index contributed by atoms with van der Waals surface area (Å²) in [6.07, 6.45) is 1.81. The number of hydrogen-bond acceptors (Lipinski definition) is 8. The molecule has 0 spiro atoms. The van der Waals surface area contributed by atoms with Crippen molar-refractivity contribution in [2.75, 3.05) is 0 Å². The molecule has 4 rings (SSSR count). The van der Waals surface area contributed by atoms with E-state index in [2.05, 4.69) is 30.4 Å². The number of nitriles is 1. The topological polar surface area (TPSA) is 177 Å². The van der Waals surface area contributed by atoms with Gasteiger partial charge in [0.1, 0.15) is 22.8 Å². The number of aromatic amines is 1. The van der Waals surface area contributed by atoms with Crippen molar-refractivity contribution in [3.63, 3.8) is 0 Å². The number of amides is 1. The number of carbonyl (C=O) groups is 1. The Morgan fingerprint density at radius 2 is 2.21 bits per heavy atom. The SMILES string of the molecule is Cc1nn(CCC#N)c(-c2n[nH]c(-c3nc(C(N)=O)cc4c3cnn4C)n2)c1O. The zero-order valence-electron chi connectivity index (χ0n) is 15.6. The molecular weight excluding hydrogens is 376 g/mol. The minimum atomic E-state index is -0.683. The predicted octanol–water partition coefficient (Wildman–Crippen LogP) is 0.643. The molecule has 0 aliphatic heterocycles. The van der Waals surface area contributed by atoms with E-state index < -0.39 is 5.91 Å². The van der Waals surface area contributed by atoms with E-state index in [-0.39, 0.29) is 41.8 Å². The Morgan fingerprint density at radius 3 is 2.93 bits per heavy atom. The number of H-pyrrole nitrogens is 1. The van der Waals surface area contributed by atoms with Gasteiger partial charge in [0.05, 0.1) is 30.7 Å². The van der Waals surface area contributed by atoms with Crippen LogP contribution in [0.15, 0.2) is 12.3 Å².